The minimum absolute atomic E-state index is 0.342. The molecule has 0 atom stereocenters. The Bertz CT molecular complexity index is 353. The van der Waals surface area contributed by atoms with Crippen LogP contribution in [0.1, 0.15) is 57.5 Å². The molecule has 0 spiro atoms. The Balaban J connectivity index is 2.70. The van der Waals surface area contributed by atoms with Gasteiger partial charge >= 0.3 is 0 Å². The first-order valence-corrected chi connectivity index (χ1v) is 6.82. The molecule has 102 valence electrons. The van der Waals surface area contributed by atoms with Crippen molar-refractivity contribution in [2.24, 2.45) is 0 Å². The molecule has 0 bridgehead atoms. The van der Waals surface area contributed by atoms with Gasteiger partial charge in [0.1, 0.15) is 5.82 Å². The molecule has 1 heterocycles. The summed E-state index contributed by atoms with van der Waals surface area (Å²) in [6.07, 6.45) is 5.30. The van der Waals surface area contributed by atoms with Crippen molar-refractivity contribution in [3.05, 3.63) is 17.7 Å². The molecule has 1 aromatic heterocycles. The smallest absolute Gasteiger partial charge is 0.160 e. The third-order valence-electron chi connectivity index (χ3n) is 2.71. The Morgan fingerprint density at radius 1 is 1.33 bits per heavy atom. The number of rotatable bonds is 8. The van der Waals surface area contributed by atoms with Gasteiger partial charge in [0.05, 0.1) is 18.5 Å². The monoisotopic (exact) mass is 251 g/mol. The molecule has 1 rings (SSSR count). The van der Waals surface area contributed by atoms with Crippen LogP contribution in [0.2, 0.25) is 0 Å². The van der Waals surface area contributed by atoms with Gasteiger partial charge in [-0.05, 0) is 13.5 Å². The molecule has 0 saturated carbocycles. The Morgan fingerprint density at radius 3 is 2.72 bits per heavy atom. The second-order valence-corrected chi connectivity index (χ2v) is 4.78. The maximum absolute atomic E-state index is 5.76. The molecule has 4 nitrogen and oxygen atoms in total. The van der Waals surface area contributed by atoms with Crippen LogP contribution in [0.4, 0.5) is 0 Å². The minimum Gasteiger partial charge on any atom is -0.490 e. The highest BCUT2D eigenvalue weighted by molar-refractivity contribution is 5.25. The highest BCUT2D eigenvalue weighted by Crippen LogP contribution is 2.18. The lowest BCUT2D eigenvalue weighted by molar-refractivity contribution is 0.299. The highest BCUT2D eigenvalue weighted by atomic mass is 16.5. The summed E-state index contributed by atoms with van der Waals surface area (Å²) in [6, 6.07) is 0. The topological polar surface area (TPSA) is 47.0 Å². The fourth-order valence-electron chi connectivity index (χ4n) is 1.65. The third-order valence-corrected chi connectivity index (χ3v) is 2.71. The van der Waals surface area contributed by atoms with E-state index in [0.29, 0.717) is 12.5 Å². The fourth-order valence-corrected chi connectivity index (χ4v) is 1.65. The summed E-state index contributed by atoms with van der Waals surface area (Å²) in [5.74, 6) is 2.03. The number of aromatic nitrogens is 2. The third kappa shape index (κ3) is 4.61. The SMILES string of the molecule is CCCCCOc1cnc(C(C)C)nc1CNC. The molecular weight excluding hydrogens is 226 g/mol. The van der Waals surface area contributed by atoms with Gasteiger partial charge in [-0.1, -0.05) is 33.6 Å². The van der Waals surface area contributed by atoms with E-state index in [-0.39, 0.29) is 0 Å². The number of nitrogens with one attached hydrogen (secondary N) is 1. The minimum atomic E-state index is 0.342. The normalized spacial score (nSPS) is 10.9. The first-order valence-electron chi connectivity index (χ1n) is 6.82. The summed E-state index contributed by atoms with van der Waals surface area (Å²) in [5, 5.41) is 3.12. The molecule has 4 heteroatoms. The van der Waals surface area contributed by atoms with E-state index in [4.69, 9.17) is 4.74 Å². The number of ether oxygens (including phenoxy) is 1. The van der Waals surface area contributed by atoms with Gasteiger partial charge in [0.15, 0.2) is 5.75 Å². The van der Waals surface area contributed by atoms with Gasteiger partial charge in [-0.3, -0.25) is 0 Å². The highest BCUT2D eigenvalue weighted by Gasteiger charge is 2.10. The zero-order chi connectivity index (χ0) is 13.4. The zero-order valence-corrected chi connectivity index (χ0v) is 12.0. The molecule has 0 amide bonds. The van der Waals surface area contributed by atoms with Crippen LogP contribution in [0, 0.1) is 0 Å². The van der Waals surface area contributed by atoms with Crippen molar-refractivity contribution >= 4 is 0 Å². The van der Waals surface area contributed by atoms with E-state index in [0.717, 1.165) is 30.3 Å². The molecule has 0 fully saturated rings. The summed E-state index contributed by atoms with van der Waals surface area (Å²) < 4.78 is 5.76. The van der Waals surface area contributed by atoms with Gasteiger partial charge in [0.2, 0.25) is 0 Å². The molecular formula is C14H25N3O. The predicted octanol–water partition coefficient (Wildman–Crippen LogP) is 2.89. The molecule has 18 heavy (non-hydrogen) atoms. The maximum Gasteiger partial charge on any atom is 0.160 e. The molecule has 0 radical (unpaired) electrons. The molecule has 1 aromatic rings. The first kappa shape index (κ1) is 14.9. The van der Waals surface area contributed by atoms with Crippen molar-refractivity contribution in [1.82, 2.24) is 15.3 Å². The second kappa shape index (κ2) is 8.03. The Morgan fingerprint density at radius 2 is 2.11 bits per heavy atom. The molecule has 0 unspecified atom stereocenters. The summed E-state index contributed by atoms with van der Waals surface area (Å²) in [4.78, 5) is 8.92. The van der Waals surface area contributed by atoms with Crippen LogP contribution >= 0.6 is 0 Å². The first-order chi connectivity index (χ1) is 8.69. The molecule has 0 aliphatic carbocycles. The van der Waals surface area contributed by atoms with Crippen LogP contribution in [-0.4, -0.2) is 23.6 Å². The van der Waals surface area contributed by atoms with E-state index in [1.165, 1.54) is 12.8 Å². The van der Waals surface area contributed by atoms with Crippen molar-refractivity contribution in [2.45, 2.75) is 52.5 Å². The van der Waals surface area contributed by atoms with E-state index in [1.807, 2.05) is 7.05 Å². The predicted molar refractivity (Wildman–Crippen MR) is 73.9 cm³/mol. The van der Waals surface area contributed by atoms with Gasteiger partial charge in [-0.15, -0.1) is 0 Å². The number of nitrogens with zero attached hydrogens (tertiary/aromatic N) is 2. The average Bonchev–Trinajstić information content (AvgIpc) is 2.36. The van der Waals surface area contributed by atoms with Crippen LogP contribution in [0.5, 0.6) is 5.75 Å². The molecule has 0 aromatic carbocycles. The molecule has 1 N–H and O–H groups in total. The summed E-state index contributed by atoms with van der Waals surface area (Å²) in [6.45, 7) is 7.84. The largest absolute Gasteiger partial charge is 0.490 e. The van der Waals surface area contributed by atoms with E-state index < -0.39 is 0 Å². The Labute approximate surface area is 110 Å². The number of unbranched alkanes of at least 4 members (excludes halogenated alkanes) is 2. The Kier molecular flexibility index (Phi) is 6.65. The lowest BCUT2D eigenvalue weighted by Crippen LogP contribution is -2.12. The van der Waals surface area contributed by atoms with Crippen molar-refractivity contribution in [1.29, 1.82) is 0 Å². The lowest BCUT2D eigenvalue weighted by Gasteiger charge is -2.12. The van der Waals surface area contributed by atoms with Gasteiger partial charge in [-0.2, -0.15) is 0 Å². The molecule has 0 saturated heterocycles. The van der Waals surface area contributed by atoms with Crippen LogP contribution < -0.4 is 10.1 Å². The van der Waals surface area contributed by atoms with E-state index in [2.05, 4.69) is 36.1 Å². The van der Waals surface area contributed by atoms with Gasteiger partial charge in [0, 0.05) is 12.5 Å². The summed E-state index contributed by atoms with van der Waals surface area (Å²) in [7, 11) is 1.91. The molecule has 0 aliphatic heterocycles. The standard InChI is InChI=1S/C14H25N3O/c1-5-6-7-8-18-13-10-16-14(11(2)3)17-12(13)9-15-4/h10-11,15H,5-9H2,1-4H3. The van der Waals surface area contributed by atoms with Crippen LogP contribution in [0.15, 0.2) is 6.20 Å². The lowest BCUT2D eigenvalue weighted by atomic mass is 10.2. The zero-order valence-electron chi connectivity index (χ0n) is 12.0. The van der Waals surface area contributed by atoms with E-state index in [1.54, 1.807) is 6.20 Å². The fraction of sp³-hybridized carbons (Fsp3) is 0.714. The van der Waals surface area contributed by atoms with Crippen molar-refractivity contribution < 1.29 is 4.74 Å². The molecule has 0 aliphatic rings. The van der Waals surface area contributed by atoms with Crippen LogP contribution in [-0.2, 0) is 6.54 Å². The average molecular weight is 251 g/mol. The van der Waals surface area contributed by atoms with E-state index in [9.17, 15) is 0 Å². The van der Waals surface area contributed by atoms with Crippen molar-refractivity contribution in [3.8, 4) is 5.75 Å². The van der Waals surface area contributed by atoms with Crippen molar-refractivity contribution in [3.63, 3.8) is 0 Å². The summed E-state index contributed by atoms with van der Waals surface area (Å²) in [5.41, 5.74) is 0.952. The van der Waals surface area contributed by atoms with Crippen LogP contribution in [0.25, 0.3) is 0 Å². The second-order valence-electron chi connectivity index (χ2n) is 4.78. The van der Waals surface area contributed by atoms with E-state index >= 15 is 0 Å². The van der Waals surface area contributed by atoms with Gasteiger partial charge in [-0.25, -0.2) is 9.97 Å². The van der Waals surface area contributed by atoms with Crippen molar-refractivity contribution in [2.75, 3.05) is 13.7 Å². The number of hydrogen-bond acceptors (Lipinski definition) is 4. The number of hydrogen-bond donors (Lipinski definition) is 1. The maximum atomic E-state index is 5.76. The quantitative estimate of drug-likeness (QED) is 0.722. The Hall–Kier alpha value is -1.16. The van der Waals surface area contributed by atoms with Gasteiger partial charge < -0.3 is 10.1 Å². The summed E-state index contributed by atoms with van der Waals surface area (Å²) >= 11 is 0. The van der Waals surface area contributed by atoms with Gasteiger partial charge in [0.25, 0.3) is 0 Å². The van der Waals surface area contributed by atoms with Crippen LogP contribution in [0.3, 0.4) is 0 Å².